The summed E-state index contributed by atoms with van der Waals surface area (Å²) in [5.74, 6) is 0. The van der Waals surface area contributed by atoms with E-state index < -0.39 is 0 Å². The molecule has 0 spiro atoms. The summed E-state index contributed by atoms with van der Waals surface area (Å²) in [6, 6.07) is 7.98. The van der Waals surface area contributed by atoms with Crippen LogP contribution in [0.15, 0.2) is 24.3 Å². The van der Waals surface area contributed by atoms with Gasteiger partial charge in [-0.3, -0.25) is 0 Å². The van der Waals surface area contributed by atoms with Crippen LogP contribution < -0.4 is 16.0 Å². The van der Waals surface area contributed by atoms with Gasteiger partial charge in [0.2, 0.25) is 0 Å². The fourth-order valence-electron chi connectivity index (χ4n) is 1.96. The Morgan fingerprint density at radius 1 is 1.22 bits per heavy atom. The molecule has 0 aliphatic carbocycles. The second-order valence-electron chi connectivity index (χ2n) is 4.49. The van der Waals surface area contributed by atoms with E-state index in [1.807, 2.05) is 31.2 Å². The van der Waals surface area contributed by atoms with Gasteiger partial charge in [-0.2, -0.15) is 0 Å². The Morgan fingerprint density at radius 2 is 1.83 bits per heavy atom. The largest absolute Gasteiger partial charge is 0.335 e. The second-order valence-corrected chi connectivity index (χ2v) is 4.49. The van der Waals surface area contributed by atoms with Crippen molar-refractivity contribution in [2.75, 3.05) is 18.4 Å². The van der Waals surface area contributed by atoms with Crippen molar-refractivity contribution in [2.45, 2.75) is 25.8 Å². The summed E-state index contributed by atoms with van der Waals surface area (Å²) < 4.78 is 0. The van der Waals surface area contributed by atoms with Gasteiger partial charge in [0.25, 0.3) is 0 Å². The van der Waals surface area contributed by atoms with Gasteiger partial charge < -0.3 is 16.0 Å². The van der Waals surface area contributed by atoms with Crippen molar-refractivity contribution >= 4 is 24.1 Å². The molecule has 0 radical (unpaired) electrons. The van der Waals surface area contributed by atoms with Gasteiger partial charge in [-0.1, -0.05) is 17.7 Å². The normalized spacial score (nSPS) is 15.6. The topological polar surface area (TPSA) is 53.2 Å². The molecular weight excluding hydrogens is 250 g/mol. The van der Waals surface area contributed by atoms with E-state index >= 15 is 0 Å². The number of aryl methyl sites for hydroxylation is 1. The Labute approximate surface area is 114 Å². The van der Waals surface area contributed by atoms with Crippen LogP contribution in [0, 0.1) is 6.92 Å². The van der Waals surface area contributed by atoms with E-state index in [0.717, 1.165) is 31.6 Å². The lowest BCUT2D eigenvalue weighted by Gasteiger charge is -2.23. The molecule has 5 heteroatoms. The fraction of sp³-hybridized carbons (Fsp3) is 0.462. The first-order valence-electron chi connectivity index (χ1n) is 6.09. The lowest BCUT2D eigenvalue weighted by Crippen LogP contribution is -2.44. The number of amides is 2. The van der Waals surface area contributed by atoms with E-state index in [9.17, 15) is 4.79 Å². The zero-order valence-corrected chi connectivity index (χ0v) is 11.3. The Hall–Kier alpha value is -1.26. The molecule has 2 amide bonds. The van der Waals surface area contributed by atoms with Crippen molar-refractivity contribution < 1.29 is 4.79 Å². The highest BCUT2D eigenvalue weighted by Gasteiger charge is 2.14. The highest BCUT2D eigenvalue weighted by molar-refractivity contribution is 5.89. The van der Waals surface area contributed by atoms with Crippen LogP contribution in [0.4, 0.5) is 10.5 Å². The highest BCUT2D eigenvalue weighted by atomic mass is 35.5. The highest BCUT2D eigenvalue weighted by Crippen LogP contribution is 2.09. The number of anilines is 1. The third-order valence-electron chi connectivity index (χ3n) is 2.98. The first-order chi connectivity index (χ1) is 8.24. The van der Waals surface area contributed by atoms with Crippen LogP contribution in [0.2, 0.25) is 0 Å². The zero-order valence-electron chi connectivity index (χ0n) is 10.5. The molecule has 0 atom stereocenters. The number of nitrogens with one attached hydrogen (secondary N) is 3. The summed E-state index contributed by atoms with van der Waals surface area (Å²) in [4.78, 5) is 11.7. The number of urea groups is 1. The summed E-state index contributed by atoms with van der Waals surface area (Å²) in [7, 11) is 0. The van der Waals surface area contributed by atoms with Crippen LogP contribution in [0.1, 0.15) is 18.4 Å². The third-order valence-corrected chi connectivity index (χ3v) is 2.98. The van der Waals surface area contributed by atoms with Crippen LogP contribution in [0.3, 0.4) is 0 Å². The lowest BCUT2D eigenvalue weighted by molar-refractivity contribution is 0.245. The van der Waals surface area contributed by atoms with Crippen LogP contribution in [0.25, 0.3) is 0 Å². The maximum atomic E-state index is 11.7. The monoisotopic (exact) mass is 269 g/mol. The molecule has 2 rings (SSSR count). The number of hydrogen-bond donors (Lipinski definition) is 3. The van der Waals surface area contributed by atoms with E-state index in [4.69, 9.17) is 0 Å². The molecule has 1 heterocycles. The molecular formula is C13H20ClN3O. The van der Waals surface area contributed by atoms with Crippen molar-refractivity contribution in [1.82, 2.24) is 10.6 Å². The molecule has 1 aromatic rings. The molecule has 4 nitrogen and oxygen atoms in total. The molecule has 1 fully saturated rings. The molecule has 100 valence electrons. The fourth-order valence-corrected chi connectivity index (χ4v) is 1.96. The molecule has 18 heavy (non-hydrogen) atoms. The van der Waals surface area contributed by atoms with Gasteiger partial charge in [-0.05, 0) is 45.0 Å². The van der Waals surface area contributed by atoms with Gasteiger partial charge in [0, 0.05) is 11.7 Å². The maximum absolute atomic E-state index is 11.7. The SMILES string of the molecule is Cc1ccc(NC(=O)NC2CCNCC2)cc1.Cl. The number of hydrogen-bond acceptors (Lipinski definition) is 2. The van der Waals surface area contributed by atoms with Crippen molar-refractivity contribution in [1.29, 1.82) is 0 Å². The first-order valence-corrected chi connectivity index (χ1v) is 6.09. The molecule has 0 aromatic heterocycles. The minimum Gasteiger partial charge on any atom is -0.335 e. The van der Waals surface area contributed by atoms with E-state index in [0.29, 0.717) is 6.04 Å². The average Bonchev–Trinajstić information content (AvgIpc) is 2.33. The van der Waals surface area contributed by atoms with Gasteiger partial charge >= 0.3 is 6.03 Å². The molecule has 0 bridgehead atoms. The molecule has 1 aliphatic heterocycles. The van der Waals surface area contributed by atoms with Crippen LogP contribution in [-0.2, 0) is 0 Å². The van der Waals surface area contributed by atoms with Gasteiger partial charge in [0.15, 0.2) is 0 Å². The van der Waals surface area contributed by atoms with Crippen molar-refractivity contribution in [3.05, 3.63) is 29.8 Å². The predicted molar refractivity (Wildman–Crippen MR) is 76.5 cm³/mol. The molecule has 0 unspecified atom stereocenters. The van der Waals surface area contributed by atoms with Crippen molar-refractivity contribution in [3.8, 4) is 0 Å². The van der Waals surface area contributed by atoms with Crippen molar-refractivity contribution in [3.63, 3.8) is 0 Å². The first kappa shape index (κ1) is 14.8. The van der Waals surface area contributed by atoms with E-state index in [1.54, 1.807) is 0 Å². The minimum absolute atomic E-state index is 0. The quantitative estimate of drug-likeness (QED) is 0.772. The molecule has 1 aliphatic rings. The van der Waals surface area contributed by atoms with Gasteiger partial charge in [0.1, 0.15) is 0 Å². The smallest absolute Gasteiger partial charge is 0.319 e. The molecule has 3 N–H and O–H groups in total. The average molecular weight is 270 g/mol. The third kappa shape index (κ3) is 4.55. The van der Waals surface area contributed by atoms with Gasteiger partial charge in [0.05, 0.1) is 0 Å². The maximum Gasteiger partial charge on any atom is 0.319 e. The van der Waals surface area contributed by atoms with Crippen LogP contribution in [-0.4, -0.2) is 25.2 Å². The Morgan fingerprint density at radius 3 is 2.44 bits per heavy atom. The summed E-state index contributed by atoms with van der Waals surface area (Å²) in [6.45, 7) is 3.99. The van der Waals surface area contributed by atoms with E-state index in [1.165, 1.54) is 5.56 Å². The number of piperidine rings is 1. The number of rotatable bonds is 2. The molecule has 1 aromatic carbocycles. The summed E-state index contributed by atoms with van der Waals surface area (Å²) >= 11 is 0. The molecule has 0 saturated carbocycles. The second kappa shape index (κ2) is 7.24. The molecule has 1 saturated heterocycles. The zero-order chi connectivity index (χ0) is 12.1. The Balaban J connectivity index is 0.00000162. The van der Waals surface area contributed by atoms with Crippen LogP contribution in [0.5, 0.6) is 0 Å². The minimum atomic E-state index is -0.110. The number of carbonyl (C=O) groups is 1. The number of benzene rings is 1. The van der Waals surface area contributed by atoms with Gasteiger partial charge in [-0.25, -0.2) is 4.79 Å². The lowest BCUT2D eigenvalue weighted by atomic mass is 10.1. The Kier molecular flexibility index (Phi) is 5.95. The van der Waals surface area contributed by atoms with Crippen LogP contribution >= 0.6 is 12.4 Å². The summed E-state index contributed by atoms with van der Waals surface area (Å²) in [6.07, 6.45) is 2.00. The number of halogens is 1. The van der Waals surface area contributed by atoms with E-state index in [2.05, 4.69) is 16.0 Å². The van der Waals surface area contributed by atoms with Crippen molar-refractivity contribution in [2.24, 2.45) is 0 Å². The van der Waals surface area contributed by atoms with Gasteiger partial charge in [-0.15, -0.1) is 12.4 Å². The van der Waals surface area contributed by atoms with E-state index in [-0.39, 0.29) is 18.4 Å². The predicted octanol–water partition coefficient (Wildman–Crippen LogP) is 2.29. The standard InChI is InChI=1S/C13H19N3O.ClH/c1-10-2-4-11(5-3-10)15-13(17)16-12-6-8-14-9-7-12;/h2-5,12,14H,6-9H2,1H3,(H2,15,16,17);1H. The summed E-state index contributed by atoms with van der Waals surface area (Å²) in [5.41, 5.74) is 2.02. The Bertz CT molecular complexity index is 374. The summed E-state index contributed by atoms with van der Waals surface area (Å²) in [5, 5.41) is 9.11. The number of carbonyl (C=O) groups excluding carboxylic acids is 1.